The zero-order valence-corrected chi connectivity index (χ0v) is 12.2. The average Bonchev–Trinajstić information content (AvgIpc) is 3.16. The molecule has 1 unspecified atom stereocenters. The molecule has 1 aliphatic heterocycles. The van der Waals surface area contributed by atoms with Crippen molar-refractivity contribution in [2.45, 2.75) is 31.8 Å². The van der Waals surface area contributed by atoms with E-state index in [1.807, 2.05) is 31.2 Å². The average molecular weight is 323 g/mol. The van der Waals surface area contributed by atoms with Gasteiger partial charge in [0.25, 0.3) is 5.91 Å². The highest BCUT2D eigenvalue weighted by molar-refractivity contribution is 9.10. The predicted octanol–water partition coefficient (Wildman–Crippen LogP) is 2.67. The van der Waals surface area contributed by atoms with Crippen LogP contribution in [-0.4, -0.2) is 22.4 Å². The lowest BCUT2D eigenvalue weighted by atomic mass is 9.96. The number of amides is 3. The Bertz CT molecular complexity index is 556. The van der Waals surface area contributed by atoms with E-state index in [2.05, 4.69) is 21.2 Å². The molecule has 0 radical (unpaired) electrons. The number of urea groups is 1. The zero-order chi connectivity index (χ0) is 13.6. The van der Waals surface area contributed by atoms with Gasteiger partial charge in [0, 0.05) is 4.47 Å². The maximum atomic E-state index is 12.4. The van der Waals surface area contributed by atoms with E-state index >= 15 is 0 Å². The van der Waals surface area contributed by atoms with E-state index in [9.17, 15) is 9.59 Å². The highest BCUT2D eigenvalue weighted by Crippen LogP contribution is 2.42. The number of rotatable bonds is 3. The largest absolute Gasteiger partial charge is 0.325 e. The molecule has 2 fully saturated rings. The molecule has 4 nitrogen and oxygen atoms in total. The summed E-state index contributed by atoms with van der Waals surface area (Å²) >= 11 is 3.39. The smallest absolute Gasteiger partial charge is 0.323 e. The molecule has 1 atom stereocenters. The van der Waals surface area contributed by atoms with Gasteiger partial charge in [-0.3, -0.25) is 9.69 Å². The molecular weight excluding hydrogens is 308 g/mol. The minimum Gasteiger partial charge on any atom is -0.323 e. The SMILES string of the molecule is CC1(C2CC2)NC(=O)N(Cc2cccc(Br)c2)C1=O. The van der Waals surface area contributed by atoms with Gasteiger partial charge in [-0.15, -0.1) is 0 Å². The summed E-state index contributed by atoms with van der Waals surface area (Å²) in [5.74, 6) is 0.205. The summed E-state index contributed by atoms with van der Waals surface area (Å²) in [6.07, 6.45) is 2.04. The van der Waals surface area contributed by atoms with Gasteiger partial charge in [0.1, 0.15) is 5.54 Å². The van der Waals surface area contributed by atoms with E-state index in [4.69, 9.17) is 0 Å². The monoisotopic (exact) mass is 322 g/mol. The number of benzene rings is 1. The second-order valence-corrected chi connectivity index (χ2v) is 6.34. The van der Waals surface area contributed by atoms with E-state index in [1.54, 1.807) is 0 Å². The molecule has 1 saturated carbocycles. The molecular formula is C14H15BrN2O2. The van der Waals surface area contributed by atoms with Crippen molar-refractivity contribution in [2.75, 3.05) is 0 Å². The number of hydrogen-bond acceptors (Lipinski definition) is 2. The number of nitrogens with one attached hydrogen (secondary N) is 1. The predicted molar refractivity (Wildman–Crippen MR) is 74.4 cm³/mol. The fourth-order valence-electron chi connectivity index (χ4n) is 2.61. The van der Waals surface area contributed by atoms with Crippen molar-refractivity contribution < 1.29 is 9.59 Å². The molecule has 0 spiro atoms. The highest BCUT2D eigenvalue weighted by Gasteiger charge is 2.55. The van der Waals surface area contributed by atoms with Crippen LogP contribution in [0.2, 0.25) is 0 Å². The van der Waals surface area contributed by atoms with Crippen LogP contribution >= 0.6 is 15.9 Å². The molecule has 5 heteroatoms. The molecule has 100 valence electrons. The molecule has 1 heterocycles. The van der Waals surface area contributed by atoms with Gasteiger partial charge in [-0.05, 0) is 43.4 Å². The number of carbonyl (C=O) groups excluding carboxylic acids is 2. The van der Waals surface area contributed by atoms with Crippen LogP contribution in [0.15, 0.2) is 28.7 Å². The van der Waals surface area contributed by atoms with Crippen LogP contribution in [0.5, 0.6) is 0 Å². The van der Waals surface area contributed by atoms with Gasteiger partial charge < -0.3 is 5.32 Å². The zero-order valence-electron chi connectivity index (χ0n) is 10.6. The lowest BCUT2D eigenvalue weighted by molar-refractivity contribution is -0.131. The Balaban J connectivity index is 1.81. The standard InChI is InChI=1S/C14H15BrN2O2/c1-14(10-5-6-10)12(18)17(13(19)16-14)8-9-3-2-4-11(15)7-9/h2-4,7,10H,5-6,8H2,1H3,(H,16,19). The third-order valence-corrected chi connectivity index (χ3v) is 4.42. The maximum Gasteiger partial charge on any atom is 0.325 e. The van der Waals surface area contributed by atoms with Crippen LogP contribution in [0, 0.1) is 5.92 Å². The Hall–Kier alpha value is -1.36. The summed E-state index contributed by atoms with van der Waals surface area (Å²) in [7, 11) is 0. The van der Waals surface area contributed by atoms with E-state index in [-0.39, 0.29) is 11.9 Å². The van der Waals surface area contributed by atoms with Gasteiger partial charge >= 0.3 is 6.03 Å². The second-order valence-electron chi connectivity index (χ2n) is 5.43. The van der Waals surface area contributed by atoms with Crippen LogP contribution in [0.4, 0.5) is 4.79 Å². The van der Waals surface area contributed by atoms with Crippen LogP contribution in [-0.2, 0) is 11.3 Å². The van der Waals surface area contributed by atoms with Crippen molar-refractivity contribution in [1.82, 2.24) is 10.2 Å². The van der Waals surface area contributed by atoms with Crippen LogP contribution < -0.4 is 5.32 Å². The normalized spacial score (nSPS) is 26.7. The van der Waals surface area contributed by atoms with Crippen LogP contribution in [0.1, 0.15) is 25.3 Å². The van der Waals surface area contributed by atoms with E-state index in [1.165, 1.54) is 4.90 Å². The van der Waals surface area contributed by atoms with Gasteiger partial charge in [0.2, 0.25) is 0 Å². The Morgan fingerprint density at radius 3 is 2.79 bits per heavy atom. The number of imide groups is 1. The van der Waals surface area contributed by atoms with Crippen LogP contribution in [0.3, 0.4) is 0 Å². The highest BCUT2D eigenvalue weighted by atomic mass is 79.9. The van der Waals surface area contributed by atoms with Gasteiger partial charge in [-0.1, -0.05) is 28.1 Å². The lowest BCUT2D eigenvalue weighted by Crippen LogP contribution is -2.46. The van der Waals surface area contributed by atoms with Crippen molar-refractivity contribution in [2.24, 2.45) is 5.92 Å². The summed E-state index contributed by atoms with van der Waals surface area (Å²) in [6.45, 7) is 2.16. The minimum atomic E-state index is -0.691. The Morgan fingerprint density at radius 2 is 2.16 bits per heavy atom. The summed E-state index contributed by atoms with van der Waals surface area (Å²) in [6, 6.07) is 7.38. The number of hydrogen-bond donors (Lipinski definition) is 1. The molecule has 1 aromatic carbocycles. The first kappa shape index (κ1) is 12.7. The van der Waals surface area contributed by atoms with Gasteiger partial charge in [0.05, 0.1) is 6.54 Å². The molecule has 1 aliphatic carbocycles. The second kappa shape index (κ2) is 4.34. The summed E-state index contributed by atoms with van der Waals surface area (Å²) in [5.41, 5.74) is 0.251. The number of halogens is 1. The third kappa shape index (κ3) is 2.16. The molecule has 1 aromatic rings. The lowest BCUT2D eigenvalue weighted by Gasteiger charge is -2.21. The molecule has 19 heavy (non-hydrogen) atoms. The summed E-state index contributed by atoms with van der Waals surface area (Å²) < 4.78 is 0.946. The molecule has 1 saturated heterocycles. The van der Waals surface area contributed by atoms with Crippen molar-refractivity contribution >= 4 is 27.9 Å². The Kier molecular flexibility index (Phi) is 2.89. The Labute approximate surface area is 120 Å². The van der Waals surface area contributed by atoms with Crippen molar-refractivity contribution in [3.63, 3.8) is 0 Å². The minimum absolute atomic E-state index is 0.0972. The first-order chi connectivity index (χ1) is 9.00. The maximum absolute atomic E-state index is 12.4. The van der Waals surface area contributed by atoms with Gasteiger partial charge in [-0.25, -0.2) is 4.79 Å². The molecule has 0 aromatic heterocycles. The summed E-state index contributed by atoms with van der Waals surface area (Å²) in [4.78, 5) is 25.8. The van der Waals surface area contributed by atoms with E-state index in [0.29, 0.717) is 12.5 Å². The third-order valence-electron chi connectivity index (χ3n) is 3.92. The fourth-order valence-corrected chi connectivity index (χ4v) is 3.06. The molecule has 2 aliphatic rings. The first-order valence-corrected chi connectivity index (χ1v) is 7.18. The number of nitrogens with zero attached hydrogens (tertiary/aromatic N) is 1. The van der Waals surface area contributed by atoms with Crippen molar-refractivity contribution in [1.29, 1.82) is 0 Å². The quantitative estimate of drug-likeness (QED) is 0.870. The van der Waals surface area contributed by atoms with Gasteiger partial charge in [-0.2, -0.15) is 0 Å². The topological polar surface area (TPSA) is 49.4 Å². The van der Waals surface area contributed by atoms with Crippen molar-refractivity contribution in [3.8, 4) is 0 Å². The number of carbonyl (C=O) groups is 2. The van der Waals surface area contributed by atoms with Crippen molar-refractivity contribution in [3.05, 3.63) is 34.3 Å². The van der Waals surface area contributed by atoms with E-state index in [0.717, 1.165) is 22.9 Å². The fraction of sp³-hybridized carbons (Fsp3) is 0.429. The summed E-state index contributed by atoms with van der Waals surface area (Å²) in [5, 5.41) is 2.85. The molecule has 3 amide bonds. The van der Waals surface area contributed by atoms with Crippen LogP contribution in [0.25, 0.3) is 0 Å². The Morgan fingerprint density at radius 1 is 1.42 bits per heavy atom. The van der Waals surface area contributed by atoms with Gasteiger partial charge in [0.15, 0.2) is 0 Å². The molecule has 3 rings (SSSR count). The molecule has 1 N–H and O–H groups in total. The first-order valence-electron chi connectivity index (χ1n) is 6.39. The molecule has 0 bridgehead atoms. The van der Waals surface area contributed by atoms with E-state index < -0.39 is 5.54 Å².